The van der Waals surface area contributed by atoms with Gasteiger partial charge in [0.2, 0.25) is 5.91 Å². The van der Waals surface area contributed by atoms with E-state index in [0.717, 1.165) is 31.7 Å². The van der Waals surface area contributed by atoms with Crippen LogP contribution in [-0.2, 0) is 4.79 Å². The van der Waals surface area contributed by atoms with E-state index in [4.69, 9.17) is 5.73 Å². The quantitative estimate of drug-likeness (QED) is 0.793. The molecule has 0 saturated carbocycles. The highest BCUT2D eigenvalue weighted by atomic mass is 16.1. The van der Waals surface area contributed by atoms with Crippen molar-refractivity contribution < 1.29 is 4.79 Å². The lowest BCUT2D eigenvalue weighted by molar-refractivity contribution is -0.119. The van der Waals surface area contributed by atoms with Gasteiger partial charge in [0, 0.05) is 26.1 Å². The fraction of sp³-hybridized carbons (Fsp3) is 0.500. The van der Waals surface area contributed by atoms with Gasteiger partial charge in [0.05, 0.1) is 11.9 Å². The Bertz CT molecular complexity index is 382. The van der Waals surface area contributed by atoms with Gasteiger partial charge in [-0.2, -0.15) is 0 Å². The van der Waals surface area contributed by atoms with Crippen LogP contribution in [0.25, 0.3) is 0 Å². The van der Waals surface area contributed by atoms with Gasteiger partial charge >= 0.3 is 0 Å². The summed E-state index contributed by atoms with van der Waals surface area (Å²) < 4.78 is 0. The second kappa shape index (κ2) is 5.03. The van der Waals surface area contributed by atoms with E-state index in [-0.39, 0.29) is 5.91 Å². The van der Waals surface area contributed by atoms with Crippen molar-refractivity contribution in [2.24, 2.45) is 0 Å². The van der Waals surface area contributed by atoms with Crippen LogP contribution in [0.1, 0.15) is 19.8 Å². The number of nitrogens with zero attached hydrogens (tertiary/aromatic N) is 2. The van der Waals surface area contributed by atoms with E-state index in [1.54, 1.807) is 13.1 Å². The molecule has 0 aromatic carbocycles. The first kappa shape index (κ1) is 11.7. The van der Waals surface area contributed by atoms with Gasteiger partial charge in [0.1, 0.15) is 5.82 Å². The van der Waals surface area contributed by atoms with Crippen molar-refractivity contribution in [3.63, 3.8) is 0 Å². The third-order valence-electron chi connectivity index (χ3n) is 3.00. The highest BCUT2D eigenvalue weighted by Crippen LogP contribution is 2.18. The molecule has 5 nitrogen and oxygen atoms in total. The average molecular weight is 234 g/mol. The monoisotopic (exact) mass is 234 g/mol. The number of piperidine rings is 1. The predicted octanol–water partition coefficient (Wildman–Crippen LogP) is 0.769. The van der Waals surface area contributed by atoms with E-state index >= 15 is 0 Å². The summed E-state index contributed by atoms with van der Waals surface area (Å²) in [5.41, 5.74) is 6.29. The molecule has 2 rings (SSSR count). The van der Waals surface area contributed by atoms with Gasteiger partial charge in [0.15, 0.2) is 0 Å². The van der Waals surface area contributed by atoms with Crippen LogP contribution in [0.15, 0.2) is 18.3 Å². The van der Waals surface area contributed by atoms with Gasteiger partial charge < -0.3 is 16.0 Å². The number of pyridine rings is 1. The predicted molar refractivity (Wildman–Crippen MR) is 67.7 cm³/mol. The lowest BCUT2D eigenvalue weighted by Gasteiger charge is -2.32. The maximum absolute atomic E-state index is 11.0. The molecule has 1 aliphatic heterocycles. The maximum atomic E-state index is 11.0. The second-order valence-corrected chi connectivity index (χ2v) is 4.41. The third kappa shape index (κ3) is 3.09. The number of carbonyl (C=O) groups is 1. The van der Waals surface area contributed by atoms with E-state index in [2.05, 4.69) is 15.2 Å². The summed E-state index contributed by atoms with van der Waals surface area (Å²) in [6, 6.07) is 4.11. The van der Waals surface area contributed by atoms with E-state index < -0.39 is 0 Å². The van der Waals surface area contributed by atoms with Gasteiger partial charge in [-0.1, -0.05) is 0 Å². The molecule has 1 saturated heterocycles. The average Bonchev–Trinajstić information content (AvgIpc) is 2.30. The molecule has 3 N–H and O–H groups in total. The Morgan fingerprint density at radius 3 is 2.71 bits per heavy atom. The Morgan fingerprint density at radius 1 is 1.47 bits per heavy atom. The first-order chi connectivity index (χ1) is 8.15. The summed E-state index contributed by atoms with van der Waals surface area (Å²) >= 11 is 0. The molecule has 0 aliphatic carbocycles. The topological polar surface area (TPSA) is 71.2 Å². The van der Waals surface area contributed by atoms with Crippen LogP contribution in [0.2, 0.25) is 0 Å². The number of nitrogens with two attached hydrogens (primary N) is 1. The molecule has 1 amide bonds. The zero-order chi connectivity index (χ0) is 12.3. The molecule has 2 heterocycles. The smallest absolute Gasteiger partial charge is 0.217 e. The van der Waals surface area contributed by atoms with Crippen molar-refractivity contribution in [3.05, 3.63) is 18.3 Å². The zero-order valence-corrected chi connectivity index (χ0v) is 10.0. The second-order valence-electron chi connectivity index (χ2n) is 4.41. The SMILES string of the molecule is CC(=O)NC1CCN(c2ccc(N)cn2)CC1. The summed E-state index contributed by atoms with van der Waals surface area (Å²) in [7, 11) is 0. The lowest BCUT2D eigenvalue weighted by atomic mass is 10.1. The van der Waals surface area contributed by atoms with Crippen molar-refractivity contribution in [1.29, 1.82) is 0 Å². The molecule has 17 heavy (non-hydrogen) atoms. The highest BCUT2D eigenvalue weighted by molar-refractivity contribution is 5.73. The largest absolute Gasteiger partial charge is 0.397 e. The van der Waals surface area contributed by atoms with Crippen molar-refractivity contribution in [2.45, 2.75) is 25.8 Å². The van der Waals surface area contributed by atoms with Gasteiger partial charge in [-0.05, 0) is 25.0 Å². The van der Waals surface area contributed by atoms with Crippen LogP contribution in [0.4, 0.5) is 11.5 Å². The number of nitrogens with one attached hydrogen (secondary N) is 1. The van der Waals surface area contributed by atoms with Crippen molar-refractivity contribution in [2.75, 3.05) is 23.7 Å². The fourth-order valence-electron chi connectivity index (χ4n) is 2.12. The summed E-state index contributed by atoms with van der Waals surface area (Å²) in [5.74, 6) is 1.01. The molecule has 0 bridgehead atoms. The van der Waals surface area contributed by atoms with E-state index in [9.17, 15) is 4.79 Å². The minimum absolute atomic E-state index is 0.0501. The van der Waals surface area contributed by atoms with E-state index in [1.165, 1.54) is 0 Å². The molecule has 1 aromatic heterocycles. The van der Waals surface area contributed by atoms with Crippen LogP contribution in [0, 0.1) is 0 Å². The first-order valence-corrected chi connectivity index (χ1v) is 5.89. The van der Waals surface area contributed by atoms with Gasteiger partial charge in [-0.15, -0.1) is 0 Å². The van der Waals surface area contributed by atoms with E-state index in [0.29, 0.717) is 11.7 Å². The summed E-state index contributed by atoms with van der Waals surface area (Å²) in [6.45, 7) is 3.40. The minimum Gasteiger partial charge on any atom is -0.397 e. The number of anilines is 2. The molecule has 0 spiro atoms. The number of amides is 1. The first-order valence-electron chi connectivity index (χ1n) is 5.89. The Balaban J connectivity index is 1.90. The van der Waals surface area contributed by atoms with Crippen molar-refractivity contribution in [1.82, 2.24) is 10.3 Å². The van der Waals surface area contributed by atoms with E-state index in [1.807, 2.05) is 12.1 Å². The van der Waals surface area contributed by atoms with Gasteiger partial charge in [-0.25, -0.2) is 4.98 Å². The normalized spacial score (nSPS) is 16.9. The maximum Gasteiger partial charge on any atom is 0.217 e. The molecule has 1 aliphatic rings. The molecular weight excluding hydrogens is 216 g/mol. The molecule has 5 heteroatoms. The lowest BCUT2D eigenvalue weighted by Crippen LogP contribution is -2.44. The zero-order valence-electron chi connectivity index (χ0n) is 10.0. The third-order valence-corrected chi connectivity index (χ3v) is 3.00. The molecule has 1 aromatic rings. The molecule has 0 unspecified atom stereocenters. The molecule has 0 atom stereocenters. The Morgan fingerprint density at radius 2 is 2.18 bits per heavy atom. The van der Waals surface area contributed by atoms with Crippen LogP contribution in [0.3, 0.4) is 0 Å². The van der Waals surface area contributed by atoms with Crippen molar-refractivity contribution in [3.8, 4) is 0 Å². The van der Waals surface area contributed by atoms with Gasteiger partial charge in [0.25, 0.3) is 0 Å². The number of carbonyl (C=O) groups excluding carboxylic acids is 1. The summed E-state index contributed by atoms with van der Waals surface area (Å²) in [4.78, 5) is 17.5. The highest BCUT2D eigenvalue weighted by Gasteiger charge is 2.20. The van der Waals surface area contributed by atoms with Crippen LogP contribution < -0.4 is 16.0 Å². The number of rotatable bonds is 2. The number of aromatic nitrogens is 1. The summed E-state index contributed by atoms with van der Waals surface area (Å²) in [6.07, 6.45) is 3.60. The molecule has 0 radical (unpaired) electrons. The minimum atomic E-state index is 0.0501. The standard InChI is InChI=1S/C12H18N4O/c1-9(17)15-11-4-6-16(7-5-11)12-3-2-10(13)8-14-12/h2-3,8,11H,4-7,13H2,1H3,(H,15,17). The number of hydrogen-bond donors (Lipinski definition) is 2. The fourth-order valence-corrected chi connectivity index (χ4v) is 2.12. The van der Waals surface area contributed by atoms with Gasteiger partial charge in [-0.3, -0.25) is 4.79 Å². The van der Waals surface area contributed by atoms with Crippen LogP contribution >= 0.6 is 0 Å². The Hall–Kier alpha value is -1.78. The molecule has 1 fully saturated rings. The Labute approximate surface area is 101 Å². The summed E-state index contributed by atoms with van der Waals surface area (Å²) in [5, 5.41) is 2.96. The molecule has 92 valence electrons. The number of hydrogen-bond acceptors (Lipinski definition) is 4. The molecular formula is C12H18N4O. The Kier molecular flexibility index (Phi) is 3.46. The van der Waals surface area contributed by atoms with Crippen molar-refractivity contribution >= 4 is 17.4 Å². The van der Waals surface area contributed by atoms with Crippen LogP contribution in [0.5, 0.6) is 0 Å². The number of nitrogen functional groups attached to an aromatic ring is 1. The van der Waals surface area contributed by atoms with Crippen LogP contribution in [-0.4, -0.2) is 30.0 Å².